The fraction of sp³-hybridized carbons (Fsp3) is 0.231. The van der Waals surface area contributed by atoms with Gasteiger partial charge in [-0.1, -0.05) is 90.1 Å². The van der Waals surface area contributed by atoms with Crippen LogP contribution in [0, 0.1) is 6.92 Å². The Labute approximate surface area is 163 Å². The fourth-order valence-corrected chi connectivity index (χ4v) is 3.27. The molecule has 0 unspecified atom stereocenters. The van der Waals surface area contributed by atoms with Gasteiger partial charge in [0.25, 0.3) is 0 Å². The monoisotopic (exact) mass is 355 g/mol. The highest BCUT2D eigenvalue weighted by atomic mass is 14.6. The molecule has 0 heterocycles. The summed E-state index contributed by atoms with van der Waals surface area (Å²) in [4.78, 5) is 0. The molecule has 27 heavy (non-hydrogen) atoms. The third-order valence-electron chi connectivity index (χ3n) is 5.07. The molecule has 1 aromatic carbocycles. The van der Waals surface area contributed by atoms with Crippen molar-refractivity contribution in [3.05, 3.63) is 112 Å². The Hall–Kier alpha value is -2.80. The number of aryl methyl sites for hydroxylation is 1. The van der Waals surface area contributed by atoms with E-state index in [1.54, 1.807) is 0 Å². The topological polar surface area (TPSA) is 26.0 Å². The van der Waals surface area contributed by atoms with Gasteiger partial charge in [-0.3, -0.25) is 0 Å². The second kappa shape index (κ2) is 9.23. The number of allylic oxidation sites excluding steroid dienone is 13. The molecule has 0 amide bonds. The highest BCUT2D eigenvalue weighted by molar-refractivity contribution is 5.66. The highest BCUT2D eigenvalue weighted by Gasteiger charge is 2.06. The van der Waals surface area contributed by atoms with E-state index in [-0.39, 0.29) is 0 Å². The molecule has 138 valence electrons. The minimum Gasteiger partial charge on any atom is -0.401 e. The van der Waals surface area contributed by atoms with Crippen molar-refractivity contribution in [3.8, 4) is 0 Å². The molecule has 0 saturated carbocycles. The second-order valence-corrected chi connectivity index (χ2v) is 7.35. The van der Waals surface area contributed by atoms with Gasteiger partial charge < -0.3 is 5.73 Å². The van der Waals surface area contributed by atoms with Crippen LogP contribution in [0.1, 0.15) is 43.7 Å². The summed E-state index contributed by atoms with van der Waals surface area (Å²) >= 11 is 0. The summed E-state index contributed by atoms with van der Waals surface area (Å²) in [5.74, 6) is 0. The zero-order valence-corrected chi connectivity index (χ0v) is 16.4. The first-order valence-corrected chi connectivity index (χ1v) is 9.74. The van der Waals surface area contributed by atoms with Gasteiger partial charge in [-0.15, -0.1) is 0 Å². The molecule has 0 saturated heterocycles. The Kier molecular flexibility index (Phi) is 6.49. The number of hydrogen-bond acceptors (Lipinski definition) is 1. The maximum Gasteiger partial charge on any atom is 0.0198 e. The summed E-state index contributed by atoms with van der Waals surface area (Å²) in [6.07, 6.45) is 23.8. The maximum atomic E-state index is 6.31. The first kappa shape index (κ1) is 19.0. The molecule has 1 heteroatoms. The van der Waals surface area contributed by atoms with Gasteiger partial charge in [-0.05, 0) is 55.4 Å². The zero-order valence-electron chi connectivity index (χ0n) is 16.4. The highest BCUT2D eigenvalue weighted by Crippen LogP contribution is 2.23. The van der Waals surface area contributed by atoms with Gasteiger partial charge in [-0.25, -0.2) is 0 Å². The van der Waals surface area contributed by atoms with Crippen LogP contribution in [0.4, 0.5) is 0 Å². The van der Waals surface area contributed by atoms with Crippen molar-refractivity contribution in [2.45, 2.75) is 39.5 Å². The molecular weight excluding hydrogens is 326 g/mol. The molecule has 0 atom stereocenters. The quantitative estimate of drug-likeness (QED) is 0.623. The lowest BCUT2D eigenvalue weighted by atomic mass is 9.96. The van der Waals surface area contributed by atoms with Crippen LogP contribution < -0.4 is 5.73 Å². The molecule has 2 N–H and O–H groups in total. The Balaban J connectivity index is 1.61. The van der Waals surface area contributed by atoms with Crippen molar-refractivity contribution in [1.82, 2.24) is 0 Å². The Morgan fingerprint density at radius 3 is 2.67 bits per heavy atom. The second-order valence-electron chi connectivity index (χ2n) is 7.35. The first-order valence-electron chi connectivity index (χ1n) is 9.74. The van der Waals surface area contributed by atoms with Crippen molar-refractivity contribution < 1.29 is 0 Å². The molecule has 1 aromatic rings. The number of benzene rings is 1. The number of nitrogens with two attached hydrogens (primary N) is 1. The molecule has 1 nitrogen and oxygen atoms in total. The van der Waals surface area contributed by atoms with Gasteiger partial charge in [0, 0.05) is 12.1 Å². The average Bonchev–Trinajstić information content (AvgIpc) is 2.69. The average molecular weight is 356 g/mol. The zero-order chi connectivity index (χ0) is 19.1. The van der Waals surface area contributed by atoms with Gasteiger partial charge in [-0.2, -0.15) is 0 Å². The first-order chi connectivity index (χ1) is 13.1. The van der Waals surface area contributed by atoms with Crippen molar-refractivity contribution in [2.75, 3.05) is 0 Å². The lowest BCUT2D eigenvalue weighted by Gasteiger charge is -2.12. The smallest absolute Gasteiger partial charge is 0.0198 e. The molecule has 0 aromatic heterocycles. The van der Waals surface area contributed by atoms with Crippen molar-refractivity contribution in [3.63, 3.8) is 0 Å². The van der Waals surface area contributed by atoms with Gasteiger partial charge in [0.2, 0.25) is 0 Å². The van der Waals surface area contributed by atoms with E-state index in [2.05, 4.69) is 92.8 Å². The predicted molar refractivity (Wildman–Crippen MR) is 118 cm³/mol. The predicted octanol–water partition coefficient (Wildman–Crippen LogP) is 6.72. The third kappa shape index (κ3) is 5.59. The molecule has 0 spiro atoms. The fourth-order valence-electron chi connectivity index (χ4n) is 3.27. The molecule has 0 bridgehead atoms. The Morgan fingerprint density at radius 2 is 1.96 bits per heavy atom. The van der Waals surface area contributed by atoms with Crippen molar-refractivity contribution >= 4 is 5.57 Å². The van der Waals surface area contributed by atoms with Crippen LogP contribution in [0.3, 0.4) is 0 Å². The molecule has 3 rings (SSSR count). The molecule has 0 fully saturated rings. The van der Waals surface area contributed by atoms with Crippen LogP contribution in [-0.2, 0) is 0 Å². The van der Waals surface area contributed by atoms with Gasteiger partial charge in [0.05, 0.1) is 0 Å². The van der Waals surface area contributed by atoms with E-state index in [0.29, 0.717) is 0 Å². The summed E-state index contributed by atoms with van der Waals surface area (Å²) < 4.78 is 0. The lowest BCUT2D eigenvalue weighted by molar-refractivity contribution is 0.924. The van der Waals surface area contributed by atoms with Crippen LogP contribution >= 0.6 is 0 Å². The van der Waals surface area contributed by atoms with E-state index in [4.69, 9.17) is 5.73 Å². The molecular formula is C26H29N. The van der Waals surface area contributed by atoms with E-state index in [9.17, 15) is 0 Å². The van der Waals surface area contributed by atoms with Crippen LogP contribution in [0.25, 0.3) is 5.57 Å². The summed E-state index contributed by atoms with van der Waals surface area (Å²) in [5, 5.41) is 0. The molecule has 0 aliphatic heterocycles. The van der Waals surface area contributed by atoms with Crippen LogP contribution in [0.5, 0.6) is 0 Å². The van der Waals surface area contributed by atoms with Gasteiger partial charge in [0.1, 0.15) is 0 Å². The standard InChI is InChI=1S/C26H29N/c1-20-11-16-24(17-12-20)21(2)13-14-23-15-18-25(26(27)19-23)10-6-9-22-7-4-3-5-8-22/h3-4,6-7,10-18H,5,8-9,19,27H2,1-2H3/b10-6-,21-13+,23-14-. The molecule has 0 radical (unpaired) electrons. The minimum atomic E-state index is 0.805. The normalized spacial score (nSPS) is 19.3. The third-order valence-corrected chi connectivity index (χ3v) is 5.07. The minimum absolute atomic E-state index is 0.805. The van der Waals surface area contributed by atoms with Crippen molar-refractivity contribution in [1.29, 1.82) is 0 Å². The maximum absolute atomic E-state index is 6.31. The van der Waals surface area contributed by atoms with Crippen LogP contribution in [0.2, 0.25) is 0 Å². The molecule has 2 aliphatic carbocycles. The van der Waals surface area contributed by atoms with E-state index in [1.165, 1.54) is 34.3 Å². The van der Waals surface area contributed by atoms with E-state index in [1.807, 2.05) is 0 Å². The van der Waals surface area contributed by atoms with Gasteiger partial charge in [0.15, 0.2) is 0 Å². The van der Waals surface area contributed by atoms with E-state index in [0.717, 1.165) is 30.5 Å². The Bertz CT molecular complexity index is 881. The summed E-state index contributed by atoms with van der Waals surface area (Å²) in [5.41, 5.74) is 14.9. The van der Waals surface area contributed by atoms with Crippen molar-refractivity contribution in [2.24, 2.45) is 5.73 Å². The summed E-state index contributed by atoms with van der Waals surface area (Å²) in [6.45, 7) is 4.26. The summed E-state index contributed by atoms with van der Waals surface area (Å²) in [6, 6.07) is 8.65. The number of rotatable bonds is 5. The Morgan fingerprint density at radius 1 is 1.15 bits per heavy atom. The number of hydrogen-bond donors (Lipinski definition) is 1. The lowest BCUT2D eigenvalue weighted by Crippen LogP contribution is -2.05. The largest absolute Gasteiger partial charge is 0.401 e. The van der Waals surface area contributed by atoms with Gasteiger partial charge >= 0.3 is 0 Å². The van der Waals surface area contributed by atoms with Crippen LogP contribution in [0.15, 0.2) is 101 Å². The SMILES string of the molecule is C/C(=C\C=C1\C=CC(/C=C\CC2=CC=CCC2)=C(N)C1)c1ccc(C)cc1. The van der Waals surface area contributed by atoms with E-state index >= 15 is 0 Å². The molecule has 2 aliphatic rings. The van der Waals surface area contributed by atoms with Crippen LogP contribution in [-0.4, -0.2) is 0 Å². The van der Waals surface area contributed by atoms with E-state index < -0.39 is 0 Å². The summed E-state index contributed by atoms with van der Waals surface area (Å²) in [7, 11) is 0.